The Balaban J connectivity index is 0.00000176. The Kier molecular flexibility index (Phi) is 5.87. The van der Waals surface area contributed by atoms with E-state index in [-0.39, 0.29) is 12.4 Å². The van der Waals surface area contributed by atoms with Gasteiger partial charge in [-0.2, -0.15) is 0 Å². The molecular weight excluding hydrogens is 292 g/mol. The standard InChI is InChI=1S/C19H24N2.ClH/c1-15-18(12-16-6-3-2-4-7-16)10-11-21(15)14-17-8-5-9-19(20)13-17;/h2-9,13,15,18H,10-12,14,20H2,1H3;1H. The molecule has 1 fully saturated rings. The number of nitrogens with two attached hydrogens (primary N) is 1. The lowest BCUT2D eigenvalue weighted by molar-refractivity contribution is 0.233. The van der Waals surface area contributed by atoms with Crippen molar-refractivity contribution in [3.8, 4) is 0 Å². The van der Waals surface area contributed by atoms with Crippen molar-refractivity contribution < 1.29 is 0 Å². The second kappa shape index (κ2) is 7.66. The third-order valence-electron chi connectivity index (χ3n) is 4.72. The second-order valence-electron chi connectivity index (χ2n) is 6.19. The van der Waals surface area contributed by atoms with E-state index in [1.54, 1.807) is 0 Å². The molecule has 0 aliphatic carbocycles. The molecule has 1 aliphatic heterocycles. The van der Waals surface area contributed by atoms with Crippen LogP contribution >= 0.6 is 12.4 Å². The first-order valence-corrected chi connectivity index (χ1v) is 7.85. The van der Waals surface area contributed by atoms with Gasteiger partial charge in [0.25, 0.3) is 0 Å². The summed E-state index contributed by atoms with van der Waals surface area (Å²) in [6.07, 6.45) is 2.48. The molecule has 0 aromatic heterocycles. The normalized spacial score (nSPS) is 21.5. The van der Waals surface area contributed by atoms with Crippen molar-refractivity contribution in [3.63, 3.8) is 0 Å². The molecular formula is C19H25ClN2. The summed E-state index contributed by atoms with van der Waals surface area (Å²) in [4.78, 5) is 2.59. The predicted octanol–water partition coefficient (Wildman–Crippen LogP) is 4.14. The van der Waals surface area contributed by atoms with Crippen LogP contribution in [0.15, 0.2) is 54.6 Å². The Morgan fingerprint density at radius 1 is 1.05 bits per heavy atom. The lowest BCUT2D eigenvalue weighted by Gasteiger charge is -2.25. The lowest BCUT2D eigenvalue weighted by atomic mass is 9.93. The van der Waals surface area contributed by atoms with E-state index < -0.39 is 0 Å². The quantitative estimate of drug-likeness (QED) is 0.859. The van der Waals surface area contributed by atoms with Crippen LogP contribution in [0.3, 0.4) is 0 Å². The van der Waals surface area contributed by atoms with Crippen molar-refractivity contribution >= 4 is 18.1 Å². The minimum atomic E-state index is 0. The van der Waals surface area contributed by atoms with Crippen molar-refractivity contribution in [3.05, 3.63) is 65.7 Å². The molecule has 1 heterocycles. The third-order valence-corrected chi connectivity index (χ3v) is 4.72. The number of anilines is 1. The summed E-state index contributed by atoms with van der Waals surface area (Å²) in [7, 11) is 0. The highest BCUT2D eigenvalue weighted by Gasteiger charge is 2.30. The van der Waals surface area contributed by atoms with Crippen LogP contribution in [0.2, 0.25) is 0 Å². The molecule has 0 bridgehead atoms. The molecule has 1 saturated heterocycles. The summed E-state index contributed by atoms with van der Waals surface area (Å²) in [6.45, 7) is 4.57. The van der Waals surface area contributed by atoms with E-state index in [4.69, 9.17) is 5.73 Å². The zero-order chi connectivity index (χ0) is 14.7. The van der Waals surface area contributed by atoms with Crippen molar-refractivity contribution in [1.29, 1.82) is 0 Å². The first-order valence-electron chi connectivity index (χ1n) is 7.85. The van der Waals surface area contributed by atoms with Crippen molar-refractivity contribution in [2.45, 2.75) is 32.4 Å². The van der Waals surface area contributed by atoms with Gasteiger partial charge in [0.05, 0.1) is 0 Å². The van der Waals surface area contributed by atoms with Gasteiger partial charge in [0.1, 0.15) is 0 Å². The average Bonchev–Trinajstić information content (AvgIpc) is 2.82. The van der Waals surface area contributed by atoms with E-state index in [9.17, 15) is 0 Å². The van der Waals surface area contributed by atoms with Crippen molar-refractivity contribution in [2.24, 2.45) is 5.92 Å². The van der Waals surface area contributed by atoms with Crippen LogP contribution in [-0.2, 0) is 13.0 Å². The van der Waals surface area contributed by atoms with Gasteiger partial charge >= 0.3 is 0 Å². The lowest BCUT2D eigenvalue weighted by Crippen LogP contribution is -2.30. The Labute approximate surface area is 139 Å². The highest BCUT2D eigenvalue weighted by atomic mass is 35.5. The van der Waals surface area contributed by atoms with Crippen LogP contribution in [-0.4, -0.2) is 17.5 Å². The number of rotatable bonds is 4. The number of hydrogen-bond donors (Lipinski definition) is 1. The van der Waals surface area contributed by atoms with E-state index >= 15 is 0 Å². The summed E-state index contributed by atoms with van der Waals surface area (Å²) in [5.74, 6) is 0.758. The van der Waals surface area contributed by atoms with Crippen molar-refractivity contribution in [1.82, 2.24) is 4.90 Å². The molecule has 0 amide bonds. The minimum Gasteiger partial charge on any atom is -0.399 e. The van der Waals surface area contributed by atoms with Gasteiger partial charge in [-0.25, -0.2) is 0 Å². The smallest absolute Gasteiger partial charge is 0.0317 e. The van der Waals surface area contributed by atoms with Crippen LogP contribution in [0.4, 0.5) is 5.69 Å². The summed E-state index contributed by atoms with van der Waals surface area (Å²) in [5, 5.41) is 0. The van der Waals surface area contributed by atoms with Crippen molar-refractivity contribution in [2.75, 3.05) is 12.3 Å². The monoisotopic (exact) mass is 316 g/mol. The van der Waals surface area contributed by atoms with Gasteiger partial charge in [-0.05, 0) is 55.5 Å². The van der Waals surface area contributed by atoms with Crippen LogP contribution in [0.5, 0.6) is 0 Å². The van der Waals surface area contributed by atoms with Crippen LogP contribution in [0.25, 0.3) is 0 Å². The molecule has 2 nitrogen and oxygen atoms in total. The van der Waals surface area contributed by atoms with Gasteiger partial charge < -0.3 is 5.73 Å². The fourth-order valence-corrected chi connectivity index (χ4v) is 3.41. The SMILES string of the molecule is CC1C(Cc2ccccc2)CCN1Cc1cccc(N)c1.Cl. The Morgan fingerprint density at radius 3 is 2.50 bits per heavy atom. The third kappa shape index (κ3) is 4.02. The molecule has 2 aromatic carbocycles. The summed E-state index contributed by atoms with van der Waals surface area (Å²) in [5.41, 5.74) is 9.52. The van der Waals surface area contributed by atoms with Gasteiger partial charge in [-0.1, -0.05) is 42.5 Å². The van der Waals surface area contributed by atoms with Gasteiger partial charge in [-0.15, -0.1) is 12.4 Å². The van der Waals surface area contributed by atoms with E-state index in [1.165, 1.54) is 30.5 Å². The number of nitrogen functional groups attached to an aromatic ring is 1. The summed E-state index contributed by atoms with van der Waals surface area (Å²) in [6, 6.07) is 19.8. The topological polar surface area (TPSA) is 29.3 Å². The molecule has 0 saturated carbocycles. The molecule has 3 rings (SSSR count). The van der Waals surface area contributed by atoms with Crippen LogP contribution in [0.1, 0.15) is 24.5 Å². The van der Waals surface area contributed by atoms with Gasteiger partial charge in [0.2, 0.25) is 0 Å². The van der Waals surface area contributed by atoms with Crippen LogP contribution in [0, 0.1) is 5.92 Å². The number of hydrogen-bond acceptors (Lipinski definition) is 2. The Bertz CT molecular complexity index is 585. The van der Waals surface area contributed by atoms with E-state index in [2.05, 4.69) is 54.3 Å². The zero-order valence-corrected chi connectivity index (χ0v) is 13.9. The number of nitrogens with zero attached hydrogens (tertiary/aromatic N) is 1. The molecule has 2 atom stereocenters. The number of halogens is 1. The summed E-state index contributed by atoms with van der Waals surface area (Å²) >= 11 is 0. The highest BCUT2D eigenvalue weighted by Crippen LogP contribution is 2.29. The number of benzene rings is 2. The zero-order valence-electron chi connectivity index (χ0n) is 13.1. The fraction of sp³-hybridized carbons (Fsp3) is 0.368. The molecule has 0 radical (unpaired) electrons. The van der Waals surface area contributed by atoms with Crippen LogP contribution < -0.4 is 5.73 Å². The molecule has 2 N–H and O–H groups in total. The molecule has 2 aromatic rings. The second-order valence-corrected chi connectivity index (χ2v) is 6.19. The first kappa shape index (κ1) is 16.9. The Morgan fingerprint density at radius 2 is 1.77 bits per heavy atom. The van der Waals surface area contributed by atoms with Gasteiger partial charge in [-0.3, -0.25) is 4.90 Å². The van der Waals surface area contributed by atoms with Gasteiger partial charge in [0, 0.05) is 18.3 Å². The minimum absolute atomic E-state index is 0. The molecule has 0 spiro atoms. The Hall–Kier alpha value is -1.51. The van der Waals surface area contributed by atoms with E-state index in [0.29, 0.717) is 6.04 Å². The molecule has 118 valence electrons. The first-order chi connectivity index (χ1) is 10.2. The largest absolute Gasteiger partial charge is 0.399 e. The molecule has 22 heavy (non-hydrogen) atoms. The van der Waals surface area contributed by atoms with E-state index in [0.717, 1.165) is 18.2 Å². The van der Waals surface area contributed by atoms with Gasteiger partial charge in [0.15, 0.2) is 0 Å². The van der Waals surface area contributed by atoms with E-state index in [1.807, 2.05) is 12.1 Å². The average molecular weight is 317 g/mol. The maximum atomic E-state index is 5.88. The molecule has 3 heteroatoms. The molecule has 1 aliphatic rings. The number of likely N-dealkylation sites (tertiary alicyclic amines) is 1. The fourth-order valence-electron chi connectivity index (χ4n) is 3.41. The summed E-state index contributed by atoms with van der Waals surface area (Å²) < 4.78 is 0. The predicted molar refractivity (Wildman–Crippen MR) is 96.2 cm³/mol. The maximum Gasteiger partial charge on any atom is 0.0317 e. The highest BCUT2D eigenvalue weighted by molar-refractivity contribution is 5.85. The molecule has 2 unspecified atom stereocenters. The maximum absolute atomic E-state index is 5.88.